The fourth-order valence-electron chi connectivity index (χ4n) is 8.65. The zero-order chi connectivity index (χ0) is 40.7. The minimum Gasteiger partial charge on any atom is -0.384 e. The molecule has 1 atom stereocenters. The van der Waals surface area contributed by atoms with Crippen LogP contribution in [-0.2, 0) is 9.59 Å². The van der Waals surface area contributed by atoms with Gasteiger partial charge in [-0.15, -0.1) is 0 Å². The first kappa shape index (κ1) is 38.4. The molecule has 16 heteroatoms. The summed E-state index contributed by atoms with van der Waals surface area (Å²) < 4.78 is 1.69. The summed E-state index contributed by atoms with van der Waals surface area (Å²) in [5.41, 5.74) is 3.49. The first-order valence-corrected chi connectivity index (χ1v) is 19.9. The third kappa shape index (κ3) is 7.18. The number of anilines is 4. The number of allylic oxidation sites excluding steroid dienone is 1. The van der Waals surface area contributed by atoms with Gasteiger partial charge in [-0.2, -0.15) is 4.98 Å². The Balaban J connectivity index is 0.835. The van der Waals surface area contributed by atoms with E-state index in [4.69, 9.17) is 4.98 Å². The average Bonchev–Trinajstić information content (AvgIpc) is 3.83. The molecule has 1 aromatic carbocycles. The van der Waals surface area contributed by atoms with Crippen LogP contribution >= 0.6 is 0 Å². The van der Waals surface area contributed by atoms with Gasteiger partial charge in [0.1, 0.15) is 17.5 Å². The van der Waals surface area contributed by atoms with E-state index >= 15 is 0 Å². The maximum Gasteiger partial charge on any atom is 0.264 e. The van der Waals surface area contributed by atoms with Gasteiger partial charge < -0.3 is 25.8 Å². The van der Waals surface area contributed by atoms with Crippen LogP contribution in [0.4, 0.5) is 23.1 Å². The van der Waals surface area contributed by atoms with Crippen molar-refractivity contribution >= 4 is 63.6 Å². The second-order valence-corrected chi connectivity index (χ2v) is 15.4. The summed E-state index contributed by atoms with van der Waals surface area (Å²) in [6.07, 6.45) is 8.86. The standard InChI is InChI=1S/C42H46N10O6/c1-24-13-15-32(38(55)46-24)52-39(56)29-10-6-11-31(36(29)41(52)58)43-17-7-12-34(54)50-20-18-49(19-21-50)28-14-16-33(44-22-28)47-42-45-23-30-25(2)35(26(3)53)40(57)51(37(30)48-42)27-8-4-5-9-27/h6,10-11,14,16,22-23,27,32,43H,1,4-5,7-9,12-13,15,17-21H2,2-3H3,(H,46,55)(H,44,45,47,48). The monoisotopic (exact) mass is 786 g/mol. The molecule has 6 heterocycles. The van der Waals surface area contributed by atoms with Gasteiger partial charge >= 0.3 is 0 Å². The van der Waals surface area contributed by atoms with Crippen molar-refractivity contribution in [3.05, 3.63) is 87.6 Å². The maximum atomic E-state index is 13.6. The molecule has 3 N–H and O–H groups in total. The van der Waals surface area contributed by atoms with Crippen molar-refractivity contribution in [1.82, 2.24) is 34.6 Å². The molecule has 4 aromatic rings. The lowest BCUT2D eigenvalue weighted by atomic mass is 10.0. The topological polar surface area (TPSA) is 192 Å². The van der Waals surface area contributed by atoms with Crippen LogP contribution in [-0.4, -0.2) is 97.5 Å². The molecule has 3 aromatic heterocycles. The smallest absolute Gasteiger partial charge is 0.264 e. The molecule has 0 bridgehead atoms. The second kappa shape index (κ2) is 15.8. The molecule has 3 fully saturated rings. The number of aryl methyl sites for hydroxylation is 1. The van der Waals surface area contributed by atoms with Crippen molar-refractivity contribution < 1.29 is 24.0 Å². The highest BCUT2D eigenvalue weighted by Crippen LogP contribution is 2.34. The van der Waals surface area contributed by atoms with Gasteiger partial charge in [0.25, 0.3) is 17.4 Å². The van der Waals surface area contributed by atoms with Crippen molar-refractivity contribution in [3.8, 4) is 0 Å². The summed E-state index contributed by atoms with van der Waals surface area (Å²) in [5, 5.41) is 9.73. The van der Waals surface area contributed by atoms with E-state index in [0.717, 1.165) is 36.3 Å². The lowest BCUT2D eigenvalue weighted by molar-refractivity contribution is -0.131. The number of nitrogens with zero attached hydrogens (tertiary/aromatic N) is 7. The number of amides is 4. The lowest BCUT2D eigenvalue weighted by Gasteiger charge is -2.36. The minimum atomic E-state index is -0.882. The van der Waals surface area contributed by atoms with Crippen LogP contribution in [0.1, 0.15) is 101 Å². The van der Waals surface area contributed by atoms with Crippen molar-refractivity contribution in [2.45, 2.75) is 77.3 Å². The zero-order valence-electron chi connectivity index (χ0n) is 32.7. The molecule has 2 saturated heterocycles. The average molecular weight is 787 g/mol. The second-order valence-electron chi connectivity index (χ2n) is 15.4. The molecule has 4 amide bonds. The number of ketones is 1. The van der Waals surface area contributed by atoms with Gasteiger partial charge in [0.05, 0.1) is 28.6 Å². The molecule has 8 rings (SSSR count). The summed E-state index contributed by atoms with van der Waals surface area (Å²) in [4.78, 5) is 97.3. The van der Waals surface area contributed by atoms with Crippen LogP contribution in [0.15, 0.2) is 59.8 Å². The summed E-state index contributed by atoms with van der Waals surface area (Å²) in [7, 11) is 0. The number of nitrogens with one attached hydrogen (secondary N) is 3. The zero-order valence-corrected chi connectivity index (χ0v) is 32.7. The Morgan fingerprint density at radius 3 is 2.43 bits per heavy atom. The Hall–Kier alpha value is -6.45. The Kier molecular flexibility index (Phi) is 10.5. The van der Waals surface area contributed by atoms with E-state index in [9.17, 15) is 28.8 Å². The molecule has 16 nitrogen and oxygen atoms in total. The van der Waals surface area contributed by atoms with Crippen LogP contribution in [0.5, 0.6) is 0 Å². The number of piperidine rings is 1. The quantitative estimate of drug-likeness (QED) is 0.110. The molecule has 1 unspecified atom stereocenters. The highest BCUT2D eigenvalue weighted by atomic mass is 16.2. The van der Waals surface area contributed by atoms with Crippen LogP contribution < -0.4 is 26.4 Å². The van der Waals surface area contributed by atoms with Crippen LogP contribution in [0.3, 0.4) is 0 Å². The molecular formula is C42H46N10O6. The molecule has 300 valence electrons. The maximum absolute atomic E-state index is 13.6. The number of imide groups is 1. The predicted octanol–water partition coefficient (Wildman–Crippen LogP) is 4.49. The molecular weight excluding hydrogens is 741 g/mol. The van der Waals surface area contributed by atoms with Crippen molar-refractivity contribution in [2.75, 3.05) is 48.3 Å². The minimum absolute atomic E-state index is 0.0157. The van der Waals surface area contributed by atoms with Gasteiger partial charge in [0, 0.05) is 68.2 Å². The number of benzene rings is 1. The third-order valence-corrected chi connectivity index (χ3v) is 11.7. The summed E-state index contributed by atoms with van der Waals surface area (Å²) in [6, 6.07) is 7.92. The van der Waals surface area contributed by atoms with Crippen LogP contribution in [0, 0.1) is 6.92 Å². The fraction of sp³-hybridized carbons (Fsp3) is 0.405. The predicted molar refractivity (Wildman–Crippen MR) is 217 cm³/mol. The van der Waals surface area contributed by atoms with E-state index in [1.165, 1.54) is 6.92 Å². The SMILES string of the molecule is C=C1CCC(N2C(=O)c3cccc(NCCCC(=O)N4CCN(c5ccc(Nc6ncc7c(C)c(C(C)=O)c(=O)n(C8CCCC8)c7n6)nc5)CC4)c3C2=O)C(=O)N1. The third-order valence-electron chi connectivity index (χ3n) is 11.7. The van der Waals surface area contributed by atoms with Gasteiger partial charge in [0.15, 0.2) is 5.78 Å². The number of piperazine rings is 1. The number of rotatable bonds is 11. The van der Waals surface area contributed by atoms with Crippen molar-refractivity contribution in [3.63, 3.8) is 0 Å². The first-order chi connectivity index (χ1) is 28.0. The van der Waals surface area contributed by atoms with E-state index in [0.29, 0.717) is 98.2 Å². The summed E-state index contributed by atoms with van der Waals surface area (Å²) in [5.74, 6) is -0.781. The normalized spacial score (nSPS) is 18.5. The number of carbonyl (C=O) groups excluding carboxylic acids is 5. The number of aromatic nitrogens is 4. The number of fused-ring (bicyclic) bond motifs is 2. The number of carbonyl (C=O) groups is 5. The molecule has 0 spiro atoms. The van der Waals surface area contributed by atoms with Gasteiger partial charge in [-0.3, -0.25) is 38.2 Å². The van der Waals surface area contributed by atoms with E-state index in [-0.39, 0.29) is 40.0 Å². The largest absolute Gasteiger partial charge is 0.384 e. The summed E-state index contributed by atoms with van der Waals surface area (Å²) >= 11 is 0. The fourth-order valence-corrected chi connectivity index (χ4v) is 8.65. The first-order valence-electron chi connectivity index (χ1n) is 19.9. The Morgan fingerprint density at radius 2 is 1.72 bits per heavy atom. The van der Waals surface area contributed by atoms with Crippen LogP contribution in [0.2, 0.25) is 0 Å². The highest BCUT2D eigenvalue weighted by molar-refractivity contribution is 6.25. The van der Waals surface area contributed by atoms with Crippen LogP contribution in [0.25, 0.3) is 11.0 Å². The number of hydrogen-bond donors (Lipinski definition) is 3. The Labute approximate surface area is 334 Å². The highest BCUT2D eigenvalue weighted by Gasteiger charge is 2.45. The van der Waals surface area contributed by atoms with Gasteiger partial charge in [0.2, 0.25) is 17.8 Å². The molecule has 58 heavy (non-hydrogen) atoms. The number of Topliss-reactive ketones (excluding diaryl/α,β-unsaturated/α-hetero) is 1. The molecule has 1 aliphatic carbocycles. The summed E-state index contributed by atoms with van der Waals surface area (Å²) in [6.45, 7) is 9.79. The van der Waals surface area contributed by atoms with Gasteiger partial charge in [-0.05, 0) is 75.8 Å². The van der Waals surface area contributed by atoms with Gasteiger partial charge in [-0.25, -0.2) is 9.97 Å². The van der Waals surface area contributed by atoms with E-state index in [1.54, 1.807) is 42.1 Å². The van der Waals surface area contributed by atoms with E-state index < -0.39 is 23.8 Å². The lowest BCUT2D eigenvalue weighted by Crippen LogP contribution is -2.51. The Bertz CT molecular complexity index is 2410. The van der Waals surface area contributed by atoms with Crippen molar-refractivity contribution in [2.24, 2.45) is 0 Å². The van der Waals surface area contributed by atoms with Gasteiger partial charge in [-0.1, -0.05) is 25.5 Å². The van der Waals surface area contributed by atoms with E-state index in [1.807, 2.05) is 17.0 Å². The molecule has 3 aliphatic heterocycles. The molecule has 0 radical (unpaired) electrons. The molecule has 4 aliphatic rings. The van der Waals surface area contributed by atoms with E-state index in [2.05, 4.69) is 37.4 Å². The number of pyridine rings is 2. The van der Waals surface area contributed by atoms with Crippen molar-refractivity contribution in [1.29, 1.82) is 0 Å². The molecule has 1 saturated carbocycles. The Morgan fingerprint density at radius 1 is 0.948 bits per heavy atom. The number of hydrogen-bond acceptors (Lipinski definition) is 12.